The van der Waals surface area contributed by atoms with Crippen LogP contribution in [0.4, 0.5) is 11.5 Å². The van der Waals surface area contributed by atoms with Crippen LogP contribution in [-0.2, 0) is 6.42 Å². The molecule has 20 heavy (non-hydrogen) atoms. The monoisotopic (exact) mass is 266 g/mol. The van der Waals surface area contributed by atoms with Crippen LogP contribution in [0, 0.1) is 12.3 Å². The number of nitrogens with zero attached hydrogens (tertiary/aromatic N) is 2. The highest BCUT2D eigenvalue weighted by molar-refractivity contribution is 6.00. The molecule has 0 saturated heterocycles. The predicted octanol–water partition coefficient (Wildman–Crippen LogP) is 2.76. The summed E-state index contributed by atoms with van der Waals surface area (Å²) < 4.78 is 0. The number of rotatable bonds is 2. The van der Waals surface area contributed by atoms with Crippen molar-refractivity contribution in [2.75, 3.05) is 11.4 Å². The first-order valence-corrected chi connectivity index (χ1v) is 6.83. The molecule has 3 rings (SSSR count). The number of fused-ring (bicyclic) bond motifs is 1. The van der Waals surface area contributed by atoms with Crippen molar-refractivity contribution in [3.05, 3.63) is 53.2 Å². The second-order valence-corrected chi connectivity index (χ2v) is 5.18. The van der Waals surface area contributed by atoms with Crippen molar-refractivity contribution in [1.82, 2.24) is 4.98 Å². The Balaban J connectivity index is 2.12. The summed E-state index contributed by atoms with van der Waals surface area (Å²) in [4.78, 5) is 6.63. The molecule has 0 amide bonds. The molecule has 1 aliphatic heterocycles. The zero-order chi connectivity index (χ0) is 14.1. The minimum Gasteiger partial charge on any atom is -0.384 e. The molecule has 0 radical (unpaired) electrons. The highest BCUT2D eigenvalue weighted by Crippen LogP contribution is 2.34. The summed E-state index contributed by atoms with van der Waals surface area (Å²) in [6.07, 6.45) is 3.93. The first-order chi connectivity index (χ1) is 9.66. The quantitative estimate of drug-likeness (QED) is 0.649. The minimum atomic E-state index is 0.0623. The lowest BCUT2D eigenvalue weighted by molar-refractivity contribution is 0.758. The molecular formula is C16H18N4. The van der Waals surface area contributed by atoms with Gasteiger partial charge in [-0.1, -0.05) is 17.7 Å². The van der Waals surface area contributed by atoms with Crippen molar-refractivity contribution < 1.29 is 0 Å². The number of anilines is 2. The second kappa shape index (κ2) is 4.96. The fraction of sp³-hybridized carbons (Fsp3) is 0.250. The largest absolute Gasteiger partial charge is 0.384 e. The first kappa shape index (κ1) is 12.7. The maximum Gasteiger partial charge on any atom is 0.143 e. The maximum absolute atomic E-state index is 7.72. The van der Waals surface area contributed by atoms with Crippen molar-refractivity contribution in [3.8, 4) is 0 Å². The third kappa shape index (κ3) is 2.13. The highest BCUT2D eigenvalue weighted by atomic mass is 15.2. The molecule has 1 aromatic carbocycles. The van der Waals surface area contributed by atoms with Gasteiger partial charge >= 0.3 is 0 Å². The van der Waals surface area contributed by atoms with Crippen LogP contribution in [0.3, 0.4) is 0 Å². The number of amidine groups is 1. The van der Waals surface area contributed by atoms with Gasteiger partial charge in [0.25, 0.3) is 0 Å². The van der Waals surface area contributed by atoms with Gasteiger partial charge in [-0.25, -0.2) is 4.98 Å². The van der Waals surface area contributed by atoms with Crippen LogP contribution in [0.1, 0.15) is 23.1 Å². The third-order valence-electron chi connectivity index (χ3n) is 3.69. The van der Waals surface area contributed by atoms with E-state index in [1.54, 1.807) is 6.20 Å². The van der Waals surface area contributed by atoms with Crippen molar-refractivity contribution in [3.63, 3.8) is 0 Å². The van der Waals surface area contributed by atoms with Gasteiger partial charge in [0.15, 0.2) is 0 Å². The number of nitrogens with one attached hydrogen (secondary N) is 1. The molecule has 0 fully saturated rings. The summed E-state index contributed by atoms with van der Waals surface area (Å²) >= 11 is 0. The smallest absolute Gasteiger partial charge is 0.143 e. The fourth-order valence-electron chi connectivity index (χ4n) is 2.77. The number of aromatic nitrogens is 1. The molecule has 0 saturated carbocycles. The first-order valence-electron chi connectivity index (χ1n) is 6.83. The van der Waals surface area contributed by atoms with Crippen molar-refractivity contribution >= 4 is 17.3 Å². The molecule has 0 bridgehead atoms. The highest BCUT2D eigenvalue weighted by Gasteiger charge is 2.21. The lowest BCUT2D eigenvalue weighted by Gasteiger charge is -2.31. The predicted molar refractivity (Wildman–Crippen MR) is 81.8 cm³/mol. The van der Waals surface area contributed by atoms with E-state index >= 15 is 0 Å². The summed E-state index contributed by atoms with van der Waals surface area (Å²) in [5.41, 5.74) is 10.2. The zero-order valence-corrected chi connectivity index (χ0v) is 11.6. The molecule has 2 aromatic rings. The van der Waals surface area contributed by atoms with Crippen LogP contribution >= 0.6 is 0 Å². The summed E-state index contributed by atoms with van der Waals surface area (Å²) in [6, 6.07) is 10.2. The van der Waals surface area contributed by atoms with Gasteiger partial charge in [-0.15, -0.1) is 0 Å². The van der Waals surface area contributed by atoms with E-state index in [1.807, 2.05) is 12.1 Å². The average molecular weight is 266 g/mol. The van der Waals surface area contributed by atoms with Crippen LogP contribution in [-0.4, -0.2) is 17.4 Å². The number of pyridine rings is 1. The molecule has 3 N–H and O–H groups in total. The van der Waals surface area contributed by atoms with Gasteiger partial charge in [-0.2, -0.15) is 0 Å². The number of hydrogen-bond donors (Lipinski definition) is 2. The molecule has 2 heterocycles. The van der Waals surface area contributed by atoms with E-state index in [2.05, 4.69) is 35.0 Å². The Bertz CT molecular complexity index is 663. The van der Waals surface area contributed by atoms with Gasteiger partial charge in [0, 0.05) is 18.4 Å². The van der Waals surface area contributed by atoms with Crippen LogP contribution < -0.4 is 10.6 Å². The van der Waals surface area contributed by atoms with E-state index < -0.39 is 0 Å². The van der Waals surface area contributed by atoms with E-state index in [4.69, 9.17) is 11.1 Å². The SMILES string of the molecule is Cc1ccc2c(c1)CCCN2c1ncccc1C(=N)N. The molecule has 1 aromatic heterocycles. The van der Waals surface area contributed by atoms with Crippen molar-refractivity contribution in [2.24, 2.45) is 5.73 Å². The molecule has 0 unspecified atom stereocenters. The molecule has 1 aliphatic rings. The standard InChI is InChI=1S/C16H18N4/c1-11-6-7-14-12(10-11)4-3-9-20(14)16-13(15(17)18)5-2-8-19-16/h2,5-8,10H,3-4,9H2,1H3,(H3,17,18). The van der Waals surface area contributed by atoms with Gasteiger partial charge < -0.3 is 10.6 Å². The lowest BCUT2D eigenvalue weighted by Crippen LogP contribution is -2.28. The summed E-state index contributed by atoms with van der Waals surface area (Å²) in [5, 5.41) is 7.72. The average Bonchev–Trinajstić information content (AvgIpc) is 2.46. The molecule has 102 valence electrons. The number of hydrogen-bond acceptors (Lipinski definition) is 3. The summed E-state index contributed by atoms with van der Waals surface area (Å²) in [7, 11) is 0. The minimum absolute atomic E-state index is 0.0623. The number of benzene rings is 1. The van der Waals surface area contributed by atoms with Crippen molar-refractivity contribution in [2.45, 2.75) is 19.8 Å². The molecule has 4 heteroatoms. The van der Waals surface area contributed by atoms with Gasteiger partial charge in [0.2, 0.25) is 0 Å². The second-order valence-electron chi connectivity index (χ2n) is 5.18. The lowest BCUT2D eigenvalue weighted by atomic mass is 9.99. The van der Waals surface area contributed by atoms with Crippen molar-refractivity contribution in [1.29, 1.82) is 5.41 Å². The van der Waals surface area contributed by atoms with E-state index in [0.717, 1.165) is 25.2 Å². The molecule has 4 nitrogen and oxygen atoms in total. The van der Waals surface area contributed by atoms with E-state index in [9.17, 15) is 0 Å². The Morgan fingerprint density at radius 3 is 3.00 bits per heavy atom. The number of nitrogen functional groups attached to an aromatic ring is 1. The fourth-order valence-corrected chi connectivity index (χ4v) is 2.77. The van der Waals surface area contributed by atoms with E-state index in [1.165, 1.54) is 16.8 Å². The zero-order valence-electron chi connectivity index (χ0n) is 11.6. The Labute approximate surface area is 118 Å². The van der Waals surface area contributed by atoms with E-state index in [0.29, 0.717) is 5.56 Å². The van der Waals surface area contributed by atoms with Gasteiger partial charge in [0.05, 0.1) is 5.56 Å². The van der Waals surface area contributed by atoms with Crippen LogP contribution in [0.5, 0.6) is 0 Å². The van der Waals surface area contributed by atoms with Gasteiger partial charge in [-0.05, 0) is 43.5 Å². The molecule has 0 atom stereocenters. The molecule has 0 aliphatic carbocycles. The van der Waals surface area contributed by atoms with Gasteiger partial charge in [0.1, 0.15) is 11.7 Å². The Morgan fingerprint density at radius 2 is 2.20 bits per heavy atom. The Hall–Kier alpha value is -2.36. The summed E-state index contributed by atoms with van der Waals surface area (Å²) in [6.45, 7) is 3.02. The third-order valence-corrected chi connectivity index (χ3v) is 3.69. The topological polar surface area (TPSA) is 66.0 Å². The van der Waals surface area contributed by atoms with E-state index in [-0.39, 0.29) is 5.84 Å². The Kier molecular flexibility index (Phi) is 3.14. The maximum atomic E-state index is 7.72. The van der Waals surface area contributed by atoms with Crippen LogP contribution in [0.2, 0.25) is 0 Å². The van der Waals surface area contributed by atoms with Gasteiger partial charge in [-0.3, -0.25) is 5.41 Å². The number of aryl methyl sites for hydroxylation is 2. The summed E-state index contributed by atoms with van der Waals surface area (Å²) in [5.74, 6) is 0.845. The van der Waals surface area contributed by atoms with Crippen LogP contribution in [0.25, 0.3) is 0 Å². The van der Waals surface area contributed by atoms with Crippen LogP contribution in [0.15, 0.2) is 36.5 Å². The number of nitrogens with two attached hydrogens (primary N) is 1. The molecule has 0 spiro atoms. The Morgan fingerprint density at radius 1 is 1.35 bits per heavy atom. The normalized spacial score (nSPS) is 13.9. The molecular weight excluding hydrogens is 248 g/mol.